The Balaban J connectivity index is 2.52. The second-order valence-corrected chi connectivity index (χ2v) is 4.08. The fraction of sp³-hybridized carbons (Fsp3) is 0.462. The first-order chi connectivity index (χ1) is 7.65. The second-order valence-electron chi connectivity index (χ2n) is 4.08. The average Bonchev–Trinajstić information content (AvgIpc) is 2.29. The molecule has 1 rings (SSSR count). The normalized spacial score (nSPS) is 12.2. The molecule has 0 fully saturated rings. The Labute approximate surface area is 97.2 Å². The number of amides is 1. The van der Waals surface area contributed by atoms with Crippen molar-refractivity contribution < 1.29 is 4.79 Å². The van der Waals surface area contributed by atoms with Crippen molar-refractivity contribution in [1.82, 2.24) is 4.90 Å². The number of benzene rings is 1. The molecule has 2 N–H and O–H groups in total. The molecule has 3 nitrogen and oxygen atoms in total. The summed E-state index contributed by atoms with van der Waals surface area (Å²) >= 11 is 0. The van der Waals surface area contributed by atoms with Crippen LogP contribution in [0.4, 0.5) is 0 Å². The van der Waals surface area contributed by atoms with Gasteiger partial charge in [0.15, 0.2) is 0 Å². The summed E-state index contributed by atoms with van der Waals surface area (Å²) in [7, 11) is 1.80. The maximum absolute atomic E-state index is 11.8. The molecule has 0 aliphatic carbocycles. The van der Waals surface area contributed by atoms with E-state index in [4.69, 9.17) is 5.73 Å². The number of likely N-dealkylation sites (N-methyl/N-ethyl adjacent to an activating group) is 1. The van der Waals surface area contributed by atoms with Crippen molar-refractivity contribution >= 4 is 5.91 Å². The molecule has 0 saturated heterocycles. The number of carbonyl (C=O) groups excluding carboxylic acids is 1. The van der Waals surface area contributed by atoms with Gasteiger partial charge >= 0.3 is 0 Å². The van der Waals surface area contributed by atoms with E-state index in [0.29, 0.717) is 6.54 Å². The fourth-order valence-corrected chi connectivity index (χ4v) is 1.65. The molecule has 1 atom stereocenters. The maximum Gasteiger partial charge on any atom is 0.239 e. The second kappa shape index (κ2) is 6.28. The van der Waals surface area contributed by atoms with Crippen LogP contribution in [-0.4, -0.2) is 23.9 Å². The van der Waals surface area contributed by atoms with Crippen molar-refractivity contribution in [2.24, 2.45) is 5.73 Å². The summed E-state index contributed by atoms with van der Waals surface area (Å²) in [5.41, 5.74) is 6.92. The van der Waals surface area contributed by atoms with Crippen LogP contribution in [-0.2, 0) is 11.3 Å². The van der Waals surface area contributed by atoms with E-state index in [1.807, 2.05) is 37.3 Å². The smallest absolute Gasteiger partial charge is 0.239 e. The largest absolute Gasteiger partial charge is 0.340 e. The van der Waals surface area contributed by atoms with Crippen LogP contribution in [0.1, 0.15) is 25.3 Å². The van der Waals surface area contributed by atoms with Gasteiger partial charge in [0.25, 0.3) is 0 Å². The van der Waals surface area contributed by atoms with E-state index in [2.05, 4.69) is 0 Å². The van der Waals surface area contributed by atoms with Gasteiger partial charge < -0.3 is 10.6 Å². The minimum Gasteiger partial charge on any atom is -0.340 e. The number of rotatable bonds is 5. The van der Waals surface area contributed by atoms with Gasteiger partial charge in [0.2, 0.25) is 5.91 Å². The Morgan fingerprint density at radius 2 is 2.00 bits per heavy atom. The molecule has 0 aromatic heterocycles. The van der Waals surface area contributed by atoms with E-state index in [9.17, 15) is 4.79 Å². The molecule has 0 bridgehead atoms. The summed E-state index contributed by atoms with van der Waals surface area (Å²) < 4.78 is 0. The van der Waals surface area contributed by atoms with E-state index in [1.165, 1.54) is 0 Å². The highest BCUT2D eigenvalue weighted by Gasteiger charge is 2.16. The zero-order chi connectivity index (χ0) is 12.0. The third-order valence-electron chi connectivity index (χ3n) is 2.56. The molecule has 1 aromatic carbocycles. The third-order valence-corrected chi connectivity index (χ3v) is 2.56. The quantitative estimate of drug-likeness (QED) is 0.822. The molecule has 88 valence electrons. The first kappa shape index (κ1) is 12.7. The average molecular weight is 220 g/mol. The van der Waals surface area contributed by atoms with Crippen LogP contribution < -0.4 is 5.73 Å². The zero-order valence-corrected chi connectivity index (χ0v) is 10.0. The Bertz CT molecular complexity index is 324. The highest BCUT2D eigenvalue weighted by Crippen LogP contribution is 2.05. The van der Waals surface area contributed by atoms with Crippen molar-refractivity contribution in [1.29, 1.82) is 0 Å². The molecule has 0 heterocycles. The van der Waals surface area contributed by atoms with Crippen LogP contribution in [0.15, 0.2) is 30.3 Å². The van der Waals surface area contributed by atoms with Crippen molar-refractivity contribution in [2.45, 2.75) is 32.4 Å². The van der Waals surface area contributed by atoms with Crippen LogP contribution in [0.3, 0.4) is 0 Å². The van der Waals surface area contributed by atoms with Crippen LogP contribution >= 0.6 is 0 Å². The molecule has 1 amide bonds. The van der Waals surface area contributed by atoms with E-state index < -0.39 is 0 Å². The summed E-state index contributed by atoms with van der Waals surface area (Å²) in [4.78, 5) is 13.5. The Kier molecular flexibility index (Phi) is 4.99. The number of hydrogen-bond donors (Lipinski definition) is 1. The van der Waals surface area contributed by atoms with Gasteiger partial charge in [-0.3, -0.25) is 4.79 Å². The first-order valence-corrected chi connectivity index (χ1v) is 5.69. The standard InChI is InChI=1S/C13H20N2O/c1-3-7-12(14)13(16)15(2)10-11-8-5-4-6-9-11/h4-6,8-9,12H,3,7,10,14H2,1-2H3/t12-/m1/s1. The lowest BCUT2D eigenvalue weighted by Crippen LogP contribution is -2.41. The summed E-state index contributed by atoms with van der Waals surface area (Å²) in [6.07, 6.45) is 1.68. The van der Waals surface area contributed by atoms with Gasteiger partial charge in [-0.25, -0.2) is 0 Å². The molecule has 0 aliphatic heterocycles. The van der Waals surface area contributed by atoms with Crippen LogP contribution in [0.5, 0.6) is 0 Å². The highest BCUT2D eigenvalue weighted by molar-refractivity contribution is 5.81. The minimum absolute atomic E-state index is 0.0192. The predicted molar refractivity (Wildman–Crippen MR) is 65.8 cm³/mol. The SMILES string of the molecule is CCC[C@@H](N)C(=O)N(C)Cc1ccccc1. The van der Waals surface area contributed by atoms with Gasteiger partial charge in [0, 0.05) is 13.6 Å². The molecular formula is C13H20N2O. The number of nitrogens with two attached hydrogens (primary N) is 1. The van der Waals surface area contributed by atoms with Crippen molar-refractivity contribution in [2.75, 3.05) is 7.05 Å². The molecule has 1 aromatic rings. The lowest BCUT2D eigenvalue weighted by atomic mass is 10.1. The van der Waals surface area contributed by atoms with Crippen molar-refractivity contribution in [3.8, 4) is 0 Å². The van der Waals surface area contributed by atoms with Crippen LogP contribution in [0.25, 0.3) is 0 Å². The number of hydrogen-bond acceptors (Lipinski definition) is 2. The molecule has 0 saturated carbocycles. The van der Waals surface area contributed by atoms with E-state index in [-0.39, 0.29) is 11.9 Å². The van der Waals surface area contributed by atoms with Crippen molar-refractivity contribution in [3.05, 3.63) is 35.9 Å². The third kappa shape index (κ3) is 3.66. The molecule has 3 heteroatoms. The number of nitrogens with zero attached hydrogens (tertiary/aromatic N) is 1. The van der Waals surface area contributed by atoms with Gasteiger partial charge in [-0.1, -0.05) is 43.7 Å². The molecule has 0 unspecified atom stereocenters. The minimum atomic E-state index is -0.362. The first-order valence-electron chi connectivity index (χ1n) is 5.69. The van der Waals surface area contributed by atoms with Gasteiger partial charge in [-0.2, -0.15) is 0 Å². The highest BCUT2D eigenvalue weighted by atomic mass is 16.2. The van der Waals surface area contributed by atoms with Crippen LogP contribution in [0.2, 0.25) is 0 Å². The molecular weight excluding hydrogens is 200 g/mol. The topological polar surface area (TPSA) is 46.3 Å². The summed E-state index contributed by atoms with van der Waals surface area (Å²) in [6.45, 7) is 2.65. The summed E-state index contributed by atoms with van der Waals surface area (Å²) in [6, 6.07) is 9.57. The Morgan fingerprint density at radius 3 is 2.56 bits per heavy atom. The van der Waals surface area contributed by atoms with E-state index >= 15 is 0 Å². The van der Waals surface area contributed by atoms with Gasteiger partial charge in [-0.15, -0.1) is 0 Å². The molecule has 0 radical (unpaired) electrons. The van der Waals surface area contributed by atoms with E-state index in [0.717, 1.165) is 18.4 Å². The van der Waals surface area contributed by atoms with E-state index in [1.54, 1.807) is 11.9 Å². The Hall–Kier alpha value is -1.35. The summed E-state index contributed by atoms with van der Waals surface area (Å²) in [5, 5.41) is 0. The van der Waals surface area contributed by atoms with Crippen LogP contribution in [0, 0.1) is 0 Å². The summed E-state index contributed by atoms with van der Waals surface area (Å²) in [5.74, 6) is 0.0192. The Morgan fingerprint density at radius 1 is 1.38 bits per heavy atom. The monoisotopic (exact) mass is 220 g/mol. The lowest BCUT2D eigenvalue weighted by Gasteiger charge is -2.21. The molecule has 0 aliphatic rings. The fourth-order valence-electron chi connectivity index (χ4n) is 1.65. The zero-order valence-electron chi connectivity index (χ0n) is 10.0. The maximum atomic E-state index is 11.8. The van der Waals surface area contributed by atoms with Gasteiger partial charge in [-0.05, 0) is 12.0 Å². The van der Waals surface area contributed by atoms with Gasteiger partial charge in [0.1, 0.15) is 0 Å². The number of carbonyl (C=O) groups is 1. The predicted octanol–water partition coefficient (Wildman–Crippen LogP) is 1.77. The lowest BCUT2D eigenvalue weighted by molar-refractivity contribution is -0.131. The van der Waals surface area contributed by atoms with Crippen molar-refractivity contribution in [3.63, 3.8) is 0 Å². The van der Waals surface area contributed by atoms with Gasteiger partial charge in [0.05, 0.1) is 6.04 Å². The molecule has 0 spiro atoms. The molecule has 16 heavy (non-hydrogen) atoms.